The van der Waals surface area contributed by atoms with Crippen LogP contribution in [0.4, 0.5) is 15.8 Å². The van der Waals surface area contributed by atoms with Crippen molar-refractivity contribution < 1.29 is 32.2 Å². The van der Waals surface area contributed by atoms with Crippen LogP contribution in [0.15, 0.2) is 65.6 Å². The van der Waals surface area contributed by atoms with Gasteiger partial charge in [-0.15, -0.1) is 0 Å². The highest BCUT2D eigenvalue weighted by Crippen LogP contribution is 2.30. The number of benzene rings is 3. The largest absolute Gasteiger partial charge is 0.495 e. The van der Waals surface area contributed by atoms with E-state index in [2.05, 4.69) is 10.0 Å². The third-order valence-electron chi connectivity index (χ3n) is 4.29. The molecule has 3 N–H and O–H groups in total. The molecular formula is C21H16ClFN2O6S. The highest BCUT2D eigenvalue weighted by molar-refractivity contribution is 7.92. The lowest BCUT2D eigenvalue weighted by Gasteiger charge is -2.13. The zero-order chi connectivity index (χ0) is 23.5. The summed E-state index contributed by atoms with van der Waals surface area (Å²) in [5.74, 6) is -2.61. The predicted molar refractivity (Wildman–Crippen MR) is 117 cm³/mol. The molecular weight excluding hydrogens is 463 g/mol. The van der Waals surface area contributed by atoms with E-state index in [0.29, 0.717) is 5.02 Å². The number of carboxylic acids is 1. The van der Waals surface area contributed by atoms with Gasteiger partial charge in [0, 0.05) is 10.6 Å². The fraction of sp³-hybridized carbons (Fsp3) is 0.0476. The normalized spacial score (nSPS) is 11.0. The highest BCUT2D eigenvalue weighted by Gasteiger charge is 2.19. The molecule has 0 unspecified atom stereocenters. The Bertz CT molecular complexity index is 1300. The van der Waals surface area contributed by atoms with Crippen molar-refractivity contribution >= 4 is 44.9 Å². The number of amides is 1. The van der Waals surface area contributed by atoms with Crippen molar-refractivity contribution in [3.05, 3.63) is 82.6 Å². The van der Waals surface area contributed by atoms with Gasteiger partial charge in [-0.2, -0.15) is 0 Å². The fourth-order valence-corrected chi connectivity index (χ4v) is 3.98. The van der Waals surface area contributed by atoms with Gasteiger partial charge in [0.25, 0.3) is 15.9 Å². The molecule has 0 aliphatic heterocycles. The summed E-state index contributed by atoms with van der Waals surface area (Å²) in [6, 6.07) is 12.3. The van der Waals surface area contributed by atoms with Crippen molar-refractivity contribution in [2.75, 3.05) is 17.1 Å². The molecule has 0 fully saturated rings. The lowest BCUT2D eigenvalue weighted by atomic mass is 10.1. The Labute approximate surface area is 187 Å². The first-order chi connectivity index (χ1) is 15.1. The number of sulfonamides is 1. The molecule has 0 saturated heterocycles. The summed E-state index contributed by atoms with van der Waals surface area (Å²) < 4.78 is 46.2. The third kappa shape index (κ3) is 5.16. The van der Waals surface area contributed by atoms with Crippen LogP contribution in [0.2, 0.25) is 5.02 Å². The van der Waals surface area contributed by atoms with E-state index < -0.39 is 33.3 Å². The number of nitrogens with one attached hydrogen (secondary N) is 2. The van der Waals surface area contributed by atoms with Crippen molar-refractivity contribution in [2.45, 2.75) is 4.90 Å². The number of aromatic carboxylic acids is 1. The summed E-state index contributed by atoms with van der Waals surface area (Å²) in [5.41, 5.74) is -0.322. The minimum Gasteiger partial charge on any atom is -0.495 e. The Hall–Kier alpha value is -3.63. The maximum absolute atomic E-state index is 13.3. The molecule has 166 valence electrons. The number of hydrogen-bond acceptors (Lipinski definition) is 5. The van der Waals surface area contributed by atoms with E-state index >= 15 is 0 Å². The van der Waals surface area contributed by atoms with Crippen LogP contribution in [-0.2, 0) is 10.0 Å². The molecule has 3 aromatic carbocycles. The minimum absolute atomic E-state index is 0.0601. The molecule has 3 aromatic rings. The Morgan fingerprint density at radius 1 is 1.00 bits per heavy atom. The number of anilines is 2. The summed E-state index contributed by atoms with van der Waals surface area (Å²) in [5, 5.41) is 11.8. The van der Waals surface area contributed by atoms with Crippen LogP contribution in [0.3, 0.4) is 0 Å². The van der Waals surface area contributed by atoms with E-state index in [4.69, 9.17) is 21.4 Å². The van der Waals surface area contributed by atoms with E-state index in [9.17, 15) is 22.4 Å². The van der Waals surface area contributed by atoms with E-state index in [1.807, 2.05) is 0 Å². The quantitative estimate of drug-likeness (QED) is 0.467. The van der Waals surface area contributed by atoms with Crippen LogP contribution in [0.5, 0.6) is 5.75 Å². The molecule has 8 nitrogen and oxygen atoms in total. The first kappa shape index (κ1) is 23.0. The molecule has 11 heteroatoms. The van der Waals surface area contributed by atoms with Gasteiger partial charge < -0.3 is 15.2 Å². The number of halogens is 2. The van der Waals surface area contributed by atoms with Crippen LogP contribution in [0.1, 0.15) is 20.7 Å². The Balaban J connectivity index is 1.81. The molecule has 1 amide bonds. The number of carboxylic acid groups (broad SMARTS) is 1. The third-order valence-corrected chi connectivity index (χ3v) is 5.91. The summed E-state index contributed by atoms with van der Waals surface area (Å²) >= 11 is 5.92. The first-order valence-corrected chi connectivity index (χ1v) is 10.8. The van der Waals surface area contributed by atoms with Gasteiger partial charge in [0.15, 0.2) is 0 Å². The second-order valence-corrected chi connectivity index (χ2v) is 8.54. The predicted octanol–water partition coefficient (Wildman–Crippen LogP) is 4.24. The average Bonchev–Trinajstić information content (AvgIpc) is 2.75. The highest BCUT2D eigenvalue weighted by atomic mass is 35.5. The standard InChI is InChI=1S/C21H16ClFN2O6S/c1-31-19-9-4-13(22)10-18(19)25-32(29,30)15-6-2-12(3-7-15)20(26)24-17-8-5-14(23)11-16(17)21(27)28/h2-11,25H,1H3,(H,24,26)(H,27,28). The maximum atomic E-state index is 13.3. The Kier molecular flexibility index (Phi) is 6.66. The van der Waals surface area contributed by atoms with Crippen molar-refractivity contribution in [3.8, 4) is 5.75 Å². The summed E-state index contributed by atoms with van der Waals surface area (Å²) in [4.78, 5) is 23.6. The lowest BCUT2D eigenvalue weighted by molar-refractivity contribution is 0.0697. The molecule has 0 heterocycles. The number of carbonyl (C=O) groups excluding carboxylic acids is 1. The molecule has 0 bridgehead atoms. The van der Waals surface area contributed by atoms with Gasteiger partial charge in [0.1, 0.15) is 11.6 Å². The molecule has 0 saturated carbocycles. The van der Waals surface area contributed by atoms with Crippen LogP contribution in [-0.4, -0.2) is 32.5 Å². The molecule has 0 aromatic heterocycles. The van der Waals surface area contributed by atoms with E-state index in [0.717, 1.165) is 18.2 Å². The van der Waals surface area contributed by atoms with E-state index in [-0.39, 0.29) is 27.6 Å². The monoisotopic (exact) mass is 478 g/mol. The van der Waals surface area contributed by atoms with Gasteiger partial charge in [0.2, 0.25) is 0 Å². The van der Waals surface area contributed by atoms with Gasteiger partial charge in [-0.05, 0) is 60.7 Å². The molecule has 3 rings (SSSR count). The smallest absolute Gasteiger partial charge is 0.337 e. The van der Waals surface area contributed by atoms with Gasteiger partial charge in [0.05, 0.1) is 28.9 Å². The number of carbonyl (C=O) groups is 2. The number of methoxy groups -OCH3 is 1. The van der Waals surface area contributed by atoms with Crippen LogP contribution in [0.25, 0.3) is 0 Å². The second kappa shape index (κ2) is 9.25. The number of hydrogen-bond donors (Lipinski definition) is 3. The van der Waals surface area contributed by atoms with Crippen LogP contribution >= 0.6 is 11.6 Å². The second-order valence-electron chi connectivity index (χ2n) is 6.42. The maximum Gasteiger partial charge on any atom is 0.337 e. The SMILES string of the molecule is COc1ccc(Cl)cc1NS(=O)(=O)c1ccc(C(=O)Nc2ccc(F)cc2C(=O)O)cc1. The van der Waals surface area contributed by atoms with Gasteiger partial charge in [-0.3, -0.25) is 9.52 Å². The number of rotatable bonds is 7. The van der Waals surface area contributed by atoms with Crippen molar-refractivity contribution in [2.24, 2.45) is 0 Å². The summed E-state index contributed by atoms with van der Waals surface area (Å²) in [6.07, 6.45) is 0. The van der Waals surface area contributed by atoms with Gasteiger partial charge in [-0.25, -0.2) is 17.6 Å². The Morgan fingerprint density at radius 2 is 1.69 bits per heavy atom. The zero-order valence-corrected chi connectivity index (χ0v) is 18.0. The number of ether oxygens (including phenoxy) is 1. The average molecular weight is 479 g/mol. The minimum atomic E-state index is -4.03. The summed E-state index contributed by atoms with van der Waals surface area (Å²) in [6.45, 7) is 0. The van der Waals surface area contributed by atoms with Crippen LogP contribution in [0, 0.1) is 5.82 Å². The van der Waals surface area contributed by atoms with Crippen molar-refractivity contribution in [1.82, 2.24) is 0 Å². The van der Waals surface area contributed by atoms with Gasteiger partial charge >= 0.3 is 5.97 Å². The topological polar surface area (TPSA) is 122 Å². The van der Waals surface area contributed by atoms with E-state index in [1.54, 1.807) is 6.07 Å². The summed E-state index contributed by atoms with van der Waals surface area (Å²) in [7, 11) is -2.65. The zero-order valence-electron chi connectivity index (χ0n) is 16.4. The van der Waals surface area contributed by atoms with Crippen LogP contribution < -0.4 is 14.8 Å². The molecule has 32 heavy (non-hydrogen) atoms. The van der Waals surface area contributed by atoms with Crippen molar-refractivity contribution in [3.63, 3.8) is 0 Å². The van der Waals surface area contributed by atoms with Crippen molar-refractivity contribution in [1.29, 1.82) is 0 Å². The molecule has 0 radical (unpaired) electrons. The first-order valence-electron chi connectivity index (χ1n) is 8.91. The fourth-order valence-electron chi connectivity index (χ4n) is 2.75. The molecule has 0 spiro atoms. The molecule has 0 aliphatic rings. The lowest BCUT2D eigenvalue weighted by Crippen LogP contribution is -2.16. The van der Waals surface area contributed by atoms with Gasteiger partial charge in [-0.1, -0.05) is 11.6 Å². The molecule has 0 atom stereocenters. The Morgan fingerprint density at radius 3 is 2.31 bits per heavy atom. The van der Waals surface area contributed by atoms with E-state index in [1.165, 1.54) is 43.5 Å². The molecule has 0 aliphatic carbocycles.